The second-order valence-electron chi connectivity index (χ2n) is 8.43. The number of carbonyl (C=O) groups is 1. The third-order valence-electron chi connectivity index (χ3n) is 6.07. The molecule has 1 fully saturated rings. The molecule has 3 N–H and O–H groups in total. The maximum Gasteiger partial charge on any atom is 0.252 e. The van der Waals surface area contributed by atoms with Crippen molar-refractivity contribution in [3.63, 3.8) is 0 Å². The molecular formula is C26H28F2N4O. The fourth-order valence-electron chi connectivity index (χ4n) is 4.15. The van der Waals surface area contributed by atoms with Crippen molar-refractivity contribution >= 4 is 11.6 Å². The number of likely N-dealkylation sites (tertiary alicyclic amines) is 1. The van der Waals surface area contributed by atoms with Crippen molar-refractivity contribution in [1.82, 2.24) is 9.88 Å². The highest BCUT2D eigenvalue weighted by Crippen LogP contribution is 2.21. The smallest absolute Gasteiger partial charge is 0.252 e. The Kier molecular flexibility index (Phi) is 7.29. The molecule has 0 atom stereocenters. The lowest BCUT2D eigenvalue weighted by Crippen LogP contribution is -2.21. The van der Waals surface area contributed by atoms with Crippen LogP contribution in [0.1, 0.15) is 45.6 Å². The Morgan fingerprint density at radius 3 is 2.36 bits per heavy atom. The molecule has 0 bridgehead atoms. The number of nitrogens with one attached hydrogen (secondary N) is 1. The highest BCUT2D eigenvalue weighted by Gasteiger charge is 2.14. The first kappa shape index (κ1) is 22.9. The van der Waals surface area contributed by atoms with Crippen LogP contribution in [-0.4, -0.2) is 35.4 Å². The maximum absolute atomic E-state index is 14.0. The summed E-state index contributed by atoms with van der Waals surface area (Å²) in [5, 5.41) is 2.95. The molecule has 4 rings (SSSR count). The number of anilines is 1. The molecule has 2 heterocycles. The van der Waals surface area contributed by atoms with E-state index in [0.29, 0.717) is 12.1 Å². The van der Waals surface area contributed by atoms with E-state index in [-0.39, 0.29) is 17.7 Å². The van der Waals surface area contributed by atoms with Crippen LogP contribution in [0.25, 0.3) is 0 Å². The molecule has 0 aliphatic carbocycles. The second kappa shape index (κ2) is 10.5. The molecule has 0 radical (unpaired) electrons. The predicted molar refractivity (Wildman–Crippen MR) is 125 cm³/mol. The van der Waals surface area contributed by atoms with E-state index in [1.807, 2.05) is 0 Å². The molecule has 1 amide bonds. The lowest BCUT2D eigenvalue weighted by molar-refractivity contribution is 0.100. The normalized spacial score (nSPS) is 13.9. The van der Waals surface area contributed by atoms with Crippen LogP contribution in [-0.2, 0) is 19.4 Å². The Morgan fingerprint density at radius 2 is 1.70 bits per heavy atom. The lowest BCUT2D eigenvalue weighted by Gasteiger charge is -2.14. The van der Waals surface area contributed by atoms with Gasteiger partial charge in [-0.15, -0.1) is 0 Å². The van der Waals surface area contributed by atoms with Gasteiger partial charge in [-0.05, 0) is 61.7 Å². The number of carbonyl (C=O) groups excluding carboxylic acids is 1. The summed E-state index contributed by atoms with van der Waals surface area (Å²) in [6, 6.07) is 13.9. The molecule has 0 spiro atoms. The molecule has 1 aliphatic heterocycles. The molecule has 3 aromatic rings. The van der Waals surface area contributed by atoms with E-state index in [0.717, 1.165) is 24.2 Å². The SMILES string of the molecule is NC(=O)c1cnc(Cc2ccc(CCN3CCCC3)cc2)cc1NCc1c(F)cccc1F. The molecule has 172 valence electrons. The van der Waals surface area contributed by atoms with Crippen molar-refractivity contribution in [2.45, 2.75) is 32.2 Å². The second-order valence-corrected chi connectivity index (χ2v) is 8.43. The van der Waals surface area contributed by atoms with Gasteiger partial charge in [0.15, 0.2) is 0 Å². The summed E-state index contributed by atoms with van der Waals surface area (Å²) in [4.78, 5) is 18.7. The van der Waals surface area contributed by atoms with E-state index in [1.165, 1.54) is 55.9 Å². The molecule has 0 saturated carbocycles. The van der Waals surface area contributed by atoms with Crippen LogP contribution >= 0.6 is 0 Å². The third-order valence-corrected chi connectivity index (χ3v) is 6.07. The third kappa shape index (κ3) is 5.93. The summed E-state index contributed by atoms with van der Waals surface area (Å²) >= 11 is 0. The number of hydrogen-bond donors (Lipinski definition) is 2. The standard InChI is InChI=1S/C26H28F2N4O/c27-23-4-3-5-24(28)21(23)16-31-25-15-20(30-17-22(25)26(29)33)14-19-8-6-18(7-9-19)10-13-32-11-1-2-12-32/h3-9,15,17H,1-2,10-14,16H2,(H2,29,33)(H,30,31). The van der Waals surface area contributed by atoms with E-state index in [4.69, 9.17) is 5.73 Å². The van der Waals surface area contributed by atoms with Crippen molar-refractivity contribution in [3.05, 3.63) is 94.3 Å². The van der Waals surface area contributed by atoms with Gasteiger partial charge >= 0.3 is 0 Å². The van der Waals surface area contributed by atoms with Crippen LogP contribution in [0.2, 0.25) is 0 Å². The number of hydrogen-bond acceptors (Lipinski definition) is 4. The van der Waals surface area contributed by atoms with Gasteiger partial charge in [-0.2, -0.15) is 0 Å². The summed E-state index contributed by atoms with van der Waals surface area (Å²) < 4.78 is 27.9. The van der Waals surface area contributed by atoms with Crippen LogP contribution in [0.3, 0.4) is 0 Å². The molecule has 2 aromatic carbocycles. The molecule has 0 unspecified atom stereocenters. The van der Waals surface area contributed by atoms with Gasteiger partial charge in [-0.25, -0.2) is 8.78 Å². The molecular weight excluding hydrogens is 422 g/mol. The topological polar surface area (TPSA) is 71.2 Å². The number of primary amides is 1. The van der Waals surface area contributed by atoms with E-state index in [1.54, 1.807) is 6.07 Å². The number of amides is 1. The first-order valence-corrected chi connectivity index (χ1v) is 11.3. The number of benzene rings is 2. The Hall–Kier alpha value is -3.32. The largest absolute Gasteiger partial charge is 0.380 e. The number of halogens is 2. The molecule has 5 nitrogen and oxygen atoms in total. The minimum atomic E-state index is -0.659. The van der Waals surface area contributed by atoms with Gasteiger partial charge < -0.3 is 16.0 Å². The van der Waals surface area contributed by atoms with E-state index >= 15 is 0 Å². The van der Waals surface area contributed by atoms with Gasteiger partial charge in [0, 0.05) is 37.0 Å². The first-order chi connectivity index (χ1) is 16.0. The summed E-state index contributed by atoms with van der Waals surface area (Å²) in [7, 11) is 0. The molecule has 1 aromatic heterocycles. The Morgan fingerprint density at radius 1 is 1.03 bits per heavy atom. The number of nitrogens with two attached hydrogens (primary N) is 1. The zero-order valence-electron chi connectivity index (χ0n) is 18.5. The van der Waals surface area contributed by atoms with Gasteiger partial charge in [0.25, 0.3) is 5.91 Å². The van der Waals surface area contributed by atoms with Crippen molar-refractivity contribution < 1.29 is 13.6 Å². The molecule has 1 saturated heterocycles. The van der Waals surface area contributed by atoms with E-state index in [2.05, 4.69) is 39.5 Å². The maximum atomic E-state index is 14.0. The summed E-state index contributed by atoms with van der Waals surface area (Å²) in [5.74, 6) is -1.96. The molecule has 33 heavy (non-hydrogen) atoms. The number of rotatable bonds is 9. The minimum Gasteiger partial charge on any atom is -0.380 e. The van der Waals surface area contributed by atoms with Crippen LogP contribution in [0.15, 0.2) is 54.7 Å². The molecule has 7 heteroatoms. The highest BCUT2D eigenvalue weighted by atomic mass is 19.1. The average Bonchev–Trinajstić information content (AvgIpc) is 3.32. The van der Waals surface area contributed by atoms with Crippen LogP contribution in [0.4, 0.5) is 14.5 Å². The van der Waals surface area contributed by atoms with Crippen molar-refractivity contribution in [3.8, 4) is 0 Å². The predicted octanol–water partition coefficient (Wildman–Crippen LogP) is 4.30. The zero-order chi connectivity index (χ0) is 23.2. The Bertz CT molecular complexity index is 1090. The fourth-order valence-corrected chi connectivity index (χ4v) is 4.15. The van der Waals surface area contributed by atoms with Gasteiger partial charge in [0.2, 0.25) is 0 Å². The monoisotopic (exact) mass is 450 g/mol. The van der Waals surface area contributed by atoms with E-state index < -0.39 is 17.5 Å². The van der Waals surface area contributed by atoms with Gasteiger partial charge in [0.1, 0.15) is 11.6 Å². The Labute approximate surface area is 192 Å². The van der Waals surface area contributed by atoms with Gasteiger partial charge in [0.05, 0.1) is 11.3 Å². The zero-order valence-corrected chi connectivity index (χ0v) is 18.5. The summed E-state index contributed by atoms with van der Waals surface area (Å²) in [6.45, 7) is 3.37. The summed E-state index contributed by atoms with van der Waals surface area (Å²) in [6.07, 6.45) is 5.60. The quantitative estimate of drug-likeness (QED) is 0.510. The summed E-state index contributed by atoms with van der Waals surface area (Å²) in [5.41, 5.74) is 9.05. The number of aromatic nitrogens is 1. The van der Waals surface area contributed by atoms with Gasteiger partial charge in [-0.1, -0.05) is 30.3 Å². The van der Waals surface area contributed by atoms with E-state index in [9.17, 15) is 13.6 Å². The van der Waals surface area contributed by atoms with Crippen LogP contribution in [0, 0.1) is 11.6 Å². The van der Waals surface area contributed by atoms with Crippen molar-refractivity contribution in [1.29, 1.82) is 0 Å². The highest BCUT2D eigenvalue weighted by molar-refractivity contribution is 5.98. The Balaban J connectivity index is 1.44. The number of pyridine rings is 1. The average molecular weight is 451 g/mol. The molecule has 1 aliphatic rings. The van der Waals surface area contributed by atoms with Crippen LogP contribution < -0.4 is 11.1 Å². The van der Waals surface area contributed by atoms with Crippen LogP contribution in [0.5, 0.6) is 0 Å². The fraction of sp³-hybridized carbons (Fsp3) is 0.308. The van der Waals surface area contributed by atoms with Gasteiger partial charge in [-0.3, -0.25) is 9.78 Å². The van der Waals surface area contributed by atoms with Crippen molar-refractivity contribution in [2.75, 3.05) is 25.0 Å². The minimum absolute atomic E-state index is 0.101. The first-order valence-electron chi connectivity index (χ1n) is 11.3. The van der Waals surface area contributed by atoms with Crippen molar-refractivity contribution in [2.24, 2.45) is 5.73 Å². The lowest BCUT2D eigenvalue weighted by atomic mass is 10.0. The number of nitrogens with zero attached hydrogens (tertiary/aromatic N) is 2.